The molecule has 1 unspecified atom stereocenters. The lowest BCUT2D eigenvalue weighted by Crippen LogP contribution is -2.42. The third kappa shape index (κ3) is 3.39. The second kappa shape index (κ2) is 5.78. The quantitative estimate of drug-likeness (QED) is 0.320. The third-order valence-electron chi connectivity index (χ3n) is 2.38. The van der Waals surface area contributed by atoms with E-state index in [1.807, 2.05) is 0 Å². The van der Waals surface area contributed by atoms with Crippen molar-refractivity contribution in [2.75, 3.05) is 5.43 Å². The van der Waals surface area contributed by atoms with Gasteiger partial charge in [0.15, 0.2) is 0 Å². The van der Waals surface area contributed by atoms with Gasteiger partial charge in [0, 0.05) is 11.8 Å². The van der Waals surface area contributed by atoms with Crippen LogP contribution in [-0.4, -0.2) is 22.8 Å². The Hall–Kier alpha value is -2.68. The number of nitrogens with zero attached hydrogens (tertiary/aromatic N) is 1. The summed E-state index contributed by atoms with van der Waals surface area (Å²) in [5.74, 6) is 3.64. The minimum Gasteiger partial charge on any atom is -0.368 e. The zero-order valence-corrected chi connectivity index (χ0v) is 10.0. The maximum atomic E-state index is 11.9. The van der Waals surface area contributed by atoms with Gasteiger partial charge in [-0.05, 0) is 19.1 Å². The molecule has 0 heterocycles. The number of carbonyl (C=O) groups is 2. The normalized spacial score (nSPS) is 11.5. The highest BCUT2D eigenvalue weighted by Gasteiger charge is 2.22. The van der Waals surface area contributed by atoms with Crippen molar-refractivity contribution in [3.05, 3.63) is 33.9 Å². The first-order chi connectivity index (χ1) is 8.86. The lowest BCUT2D eigenvalue weighted by molar-refractivity contribution is -0.385. The zero-order valence-electron chi connectivity index (χ0n) is 10.0. The minimum atomic E-state index is -0.943. The van der Waals surface area contributed by atoms with E-state index in [9.17, 15) is 19.7 Å². The summed E-state index contributed by atoms with van der Waals surface area (Å²) in [7, 11) is 0. The average molecular weight is 267 g/mol. The zero-order chi connectivity index (χ0) is 14.6. The smallest absolute Gasteiger partial charge is 0.282 e. The molecule has 0 saturated heterocycles. The van der Waals surface area contributed by atoms with E-state index in [0.717, 1.165) is 6.07 Å². The number of benzene rings is 1. The van der Waals surface area contributed by atoms with Gasteiger partial charge < -0.3 is 16.5 Å². The molecule has 0 aliphatic heterocycles. The van der Waals surface area contributed by atoms with Gasteiger partial charge >= 0.3 is 0 Å². The predicted octanol–water partition coefficient (Wildman–Crippen LogP) is -0.516. The summed E-state index contributed by atoms with van der Waals surface area (Å²) in [4.78, 5) is 32.8. The van der Waals surface area contributed by atoms with Crippen molar-refractivity contribution in [2.24, 2.45) is 11.6 Å². The molecule has 9 nitrogen and oxygen atoms in total. The van der Waals surface area contributed by atoms with Crippen molar-refractivity contribution in [1.82, 2.24) is 5.32 Å². The molecule has 0 radical (unpaired) electrons. The van der Waals surface area contributed by atoms with Crippen molar-refractivity contribution < 1.29 is 14.5 Å². The number of anilines is 1. The van der Waals surface area contributed by atoms with Crippen LogP contribution in [0.2, 0.25) is 0 Å². The summed E-state index contributed by atoms with van der Waals surface area (Å²) in [5.41, 5.74) is 6.98. The Morgan fingerprint density at radius 2 is 2.05 bits per heavy atom. The van der Waals surface area contributed by atoms with Crippen LogP contribution >= 0.6 is 0 Å². The number of rotatable bonds is 5. The van der Waals surface area contributed by atoms with Crippen LogP contribution in [0, 0.1) is 10.1 Å². The number of hydrogen-bond acceptors (Lipinski definition) is 6. The van der Waals surface area contributed by atoms with Gasteiger partial charge in [-0.15, -0.1) is 0 Å². The molecule has 0 aliphatic rings. The number of nitrogen functional groups attached to an aromatic ring is 1. The molecule has 102 valence electrons. The van der Waals surface area contributed by atoms with Gasteiger partial charge in [-0.25, -0.2) is 0 Å². The molecular formula is C10H13N5O4. The summed E-state index contributed by atoms with van der Waals surface area (Å²) in [6.45, 7) is 1.37. The first-order valence-electron chi connectivity index (χ1n) is 5.22. The molecule has 19 heavy (non-hydrogen) atoms. The number of nitro benzene ring substituents is 1. The predicted molar refractivity (Wildman–Crippen MR) is 67.0 cm³/mol. The van der Waals surface area contributed by atoms with Crippen molar-refractivity contribution >= 4 is 23.2 Å². The number of carbonyl (C=O) groups excluding carboxylic acids is 2. The van der Waals surface area contributed by atoms with Gasteiger partial charge in [-0.1, -0.05) is 0 Å². The van der Waals surface area contributed by atoms with Crippen LogP contribution < -0.4 is 22.3 Å². The number of hydrogen-bond donors (Lipinski definition) is 4. The number of amides is 2. The van der Waals surface area contributed by atoms with E-state index in [2.05, 4.69) is 10.7 Å². The van der Waals surface area contributed by atoms with E-state index in [1.54, 1.807) is 0 Å². The Morgan fingerprint density at radius 3 is 2.53 bits per heavy atom. The Morgan fingerprint density at radius 1 is 1.42 bits per heavy atom. The molecule has 0 bridgehead atoms. The molecule has 2 amide bonds. The highest BCUT2D eigenvalue weighted by molar-refractivity contribution is 6.01. The molecule has 0 aromatic heterocycles. The van der Waals surface area contributed by atoms with Crippen molar-refractivity contribution in [2.45, 2.75) is 13.0 Å². The molecule has 0 fully saturated rings. The molecular weight excluding hydrogens is 254 g/mol. The first kappa shape index (κ1) is 14.4. The van der Waals surface area contributed by atoms with E-state index in [-0.39, 0.29) is 5.56 Å². The molecule has 1 atom stereocenters. The first-order valence-corrected chi connectivity index (χ1v) is 5.22. The van der Waals surface area contributed by atoms with E-state index >= 15 is 0 Å². The molecule has 0 saturated carbocycles. The standard InChI is InChI=1S/C10H13N5O4/c1-5(9(11)16)13-10(17)7-4-6(14-12)2-3-8(7)15(18)19/h2-5,14H,12H2,1H3,(H2,11,16)(H,13,17). The van der Waals surface area contributed by atoms with Gasteiger partial charge in [0.25, 0.3) is 11.6 Å². The number of nitro groups is 1. The van der Waals surface area contributed by atoms with Gasteiger partial charge in [-0.2, -0.15) is 0 Å². The van der Waals surface area contributed by atoms with Gasteiger partial charge in [-0.3, -0.25) is 25.5 Å². The van der Waals surface area contributed by atoms with E-state index in [4.69, 9.17) is 11.6 Å². The molecule has 6 N–H and O–H groups in total. The highest BCUT2D eigenvalue weighted by Crippen LogP contribution is 2.22. The molecule has 1 aromatic carbocycles. The summed E-state index contributed by atoms with van der Waals surface area (Å²) in [5, 5.41) is 13.1. The monoisotopic (exact) mass is 267 g/mol. The fourth-order valence-electron chi connectivity index (χ4n) is 1.31. The largest absolute Gasteiger partial charge is 0.368 e. The maximum Gasteiger partial charge on any atom is 0.282 e. The average Bonchev–Trinajstić information content (AvgIpc) is 2.37. The maximum absolute atomic E-state index is 11.9. The van der Waals surface area contributed by atoms with Crippen LogP contribution in [0.4, 0.5) is 11.4 Å². The SMILES string of the molecule is CC(NC(=O)c1cc(NN)ccc1[N+](=O)[O-])C(N)=O. The van der Waals surface area contributed by atoms with Gasteiger partial charge in [0.05, 0.1) is 4.92 Å². The summed E-state index contributed by atoms with van der Waals surface area (Å²) < 4.78 is 0. The van der Waals surface area contributed by atoms with Gasteiger partial charge in [0.2, 0.25) is 5.91 Å². The Labute approximate surface area is 108 Å². The topological polar surface area (TPSA) is 153 Å². The molecule has 9 heteroatoms. The highest BCUT2D eigenvalue weighted by atomic mass is 16.6. The second-order valence-corrected chi connectivity index (χ2v) is 3.73. The van der Waals surface area contributed by atoms with Crippen LogP contribution in [0.1, 0.15) is 17.3 Å². The van der Waals surface area contributed by atoms with Crippen LogP contribution in [0.3, 0.4) is 0 Å². The summed E-state index contributed by atoms with van der Waals surface area (Å²) in [6.07, 6.45) is 0. The third-order valence-corrected chi connectivity index (χ3v) is 2.38. The fourth-order valence-corrected chi connectivity index (χ4v) is 1.31. The summed E-state index contributed by atoms with van der Waals surface area (Å²) >= 11 is 0. The minimum absolute atomic E-state index is 0.214. The Balaban J connectivity index is 3.12. The molecule has 1 aromatic rings. The van der Waals surface area contributed by atoms with Crippen molar-refractivity contribution in [3.63, 3.8) is 0 Å². The van der Waals surface area contributed by atoms with Crippen molar-refractivity contribution in [3.8, 4) is 0 Å². The number of primary amides is 1. The van der Waals surface area contributed by atoms with E-state index in [1.165, 1.54) is 19.1 Å². The molecule has 0 spiro atoms. The Bertz CT molecular complexity index is 531. The molecule has 0 aliphatic carbocycles. The van der Waals surface area contributed by atoms with Crippen LogP contribution in [-0.2, 0) is 4.79 Å². The Kier molecular flexibility index (Phi) is 4.37. The van der Waals surface area contributed by atoms with Crippen molar-refractivity contribution in [1.29, 1.82) is 0 Å². The second-order valence-electron chi connectivity index (χ2n) is 3.73. The van der Waals surface area contributed by atoms with Crippen LogP contribution in [0.25, 0.3) is 0 Å². The van der Waals surface area contributed by atoms with Gasteiger partial charge in [0.1, 0.15) is 11.6 Å². The number of nitrogens with one attached hydrogen (secondary N) is 2. The summed E-state index contributed by atoms with van der Waals surface area (Å²) in [6, 6.07) is 2.76. The lowest BCUT2D eigenvalue weighted by atomic mass is 10.1. The molecule has 1 rings (SSSR count). The lowest BCUT2D eigenvalue weighted by Gasteiger charge is -2.11. The van der Waals surface area contributed by atoms with E-state index in [0.29, 0.717) is 5.69 Å². The van der Waals surface area contributed by atoms with Crippen LogP contribution in [0.5, 0.6) is 0 Å². The van der Waals surface area contributed by atoms with E-state index < -0.39 is 28.5 Å². The number of nitrogens with two attached hydrogens (primary N) is 2. The van der Waals surface area contributed by atoms with Crippen LogP contribution in [0.15, 0.2) is 18.2 Å². The fraction of sp³-hybridized carbons (Fsp3) is 0.200. The number of hydrazine groups is 1.